The third-order valence-corrected chi connectivity index (χ3v) is 11.4. The summed E-state index contributed by atoms with van der Waals surface area (Å²) in [5.41, 5.74) is 5.85. The number of esters is 1. The summed E-state index contributed by atoms with van der Waals surface area (Å²) < 4.78 is 58.1. The highest BCUT2D eigenvalue weighted by Crippen LogP contribution is 2.46. The molecular formula is C23H31NO7S2. The molecule has 2 unspecified atom stereocenters. The average Bonchev–Trinajstić information content (AvgIpc) is 2.80. The van der Waals surface area contributed by atoms with E-state index in [0.29, 0.717) is 11.3 Å². The Morgan fingerprint density at radius 2 is 1.48 bits per heavy atom. The number of dihydropyridines is 1. The van der Waals surface area contributed by atoms with Gasteiger partial charge >= 0.3 is 5.97 Å². The molecule has 2 aliphatic rings. The summed E-state index contributed by atoms with van der Waals surface area (Å²) in [7, 11) is -6.91. The van der Waals surface area contributed by atoms with Crippen LogP contribution in [0.1, 0.15) is 46.2 Å². The van der Waals surface area contributed by atoms with Crippen molar-refractivity contribution in [1.82, 2.24) is 5.32 Å². The van der Waals surface area contributed by atoms with Gasteiger partial charge in [0.1, 0.15) is 0 Å². The number of carbonyl (C=O) groups excluding carboxylic acids is 1. The van der Waals surface area contributed by atoms with Gasteiger partial charge in [-0.25, -0.2) is 21.6 Å². The maximum atomic E-state index is 13.7. The van der Waals surface area contributed by atoms with E-state index in [2.05, 4.69) is 5.32 Å². The van der Waals surface area contributed by atoms with E-state index < -0.39 is 54.9 Å². The minimum Gasteiger partial charge on any atom is -0.466 e. The minimum atomic E-state index is -4.18. The number of hydrogen-bond donors (Lipinski definition) is 2. The van der Waals surface area contributed by atoms with E-state index in [4.69, 9.17) is 4.74 Å². The maximum absolute atomic E-state index is 13.7. The van der Waals surface area contributed by atoms with Crippen LogP contribution in [0.4, 0.5) is 0 Å². The zero-order valence-corrected chi connectivity index (χ0v) is 21.6. The quantitative estimate of drug-likeness (QED) is 0.605. The first-order valence-corrected chi connectivity index (χ1v) is 14.0. The van der Waals surface area contributed by atoms with E-state index in [0.717, 1.165) is 27.8 Å². The van der Waals surface area contributed by atoms with Gasteiger partial charge in [0.05, 0.1) is 46.9 Å². The van der Waals surface area contributed by atoms with Gasteiger partial charge in [0.2, 0.25) is 0 Å². The Morgan fingerprint density at radius 3 is 1.97 bits per heavy atom. The van der Waals surface area contributed by atoms with Crippen LogP contribution >= 0.6 is 0 Å². The largest absolute Gasteiger partial charge is 0.466 e. The average molecular weight is 498 g/mol. The second-order valence-electron chi connectivity index (χ2n) is 8.86. The zero-order chi connectivity index (χ0) is 25.0. The topological polar surface area (TPSA) is 127 Å². The van der Waals surface area contributed by atoms with Crippen molar-refractivity contribution < 1.29 is 31.5 Å². The normalized spacial score (nSPS) is 24.1. The summed E-state index contributed by atoms with van der Waals surface area (Å²) in [5, 5.41) is 11.1. The molecule has 33 heavy (non-hydrogen) atoms. The van der Waals surface area contributed by atoms with Gasteiger partial charge in [0.25, 0.3) is 0 Å². The first kappa shape index (κ1) is 25.5. The molecule has 0 aromatic heterocycles. The molecule has 1 aromatic rings. The van der Waals surface area contributed by atoms with Crippen LogP contribution in [0, 0.1) is 34.6 Å². The molecule has 10 heteroatoms. The molecule has 0 saturated heterocycles. The summed E-state index contributed by atoms with van der Waals surface area (Å²) in [4.78, 5) is 12.8. The molecule has 2 N–H and O–H groups in total. The van der Waals surface area contributed by atoms with E-state index in [1.165, 1.54) is 7.11 Å². The van der Waals surface area contributed by atoms with E-state index in [-0.39, 0.29) is 16.2 Å². The summed E-state index contributed by atoms with van der Waals surface area (Å²) in [6.45, 7) is 10.4. The van der Waals surface area contributed by atoms with Crippen LogP contribution in [0.5, 0.6) is 0 Å². The number of sulfone groups is 2. The third kappa shape index (κ3) is 4.02. The van der Waals surface area contributed by atoms with Gasteiger partial charge in [-0.15, -0.1) is 0 Å². The van der Waals surface area contributed by atoms with Crippen LogP contribution in [0.3, 0.4) is 0 Å². The molecule has 0 radical (unpaired) electrons. The molecule has 0 fully saturated rings. The number of aliphatic hydroxyl groups is 1. The van der Waals surface area contributed by atoms with Crippen molar-refractivity contribution >= 4 is 25.6 Å². The lowest BCUT2D eigenvalue weighted by Gasteiger charge is -2.34. The Morgan fingerprint density at radius 1 is 0.970 bits per heavy atom. The first-order valence-electron chi connectivity index (χ1n) is 10.6. The molecule has 0 bridgehead atoms. The monoisotopic (exact) mass is 497 g/mol. The Kier molecular flexibility index (Phi) is 6.60. The highest BCUT2D eigenvalue weighted by molar-refractivity contribution is 7.98. The van der Waals surface area contributed by atoms with Gasteiger partial charge in [-0.2, -0.15) is 0 Å². The molecule has 0 spiro atoms. The summed E-state index contributed by atoms with van der Waals surface area (Å²) in [6.07, 6.45) is 0. The van der Waals surface area contributed by atoms with Crippen LogP contribution in [0.2, 0.25) is 0 Å². The molecule has 1 aromatic carbocycles. The van der Waals surface area contributed by atoms with Crippen molar-refractivity contribution in [1.29, 1.82) is 0 Å². The lowest BCUT2D eigenvalue weighted by Crippen LogP contribution is -2.34. The number of allylic oxidation sites excluding steroid dienone is 2. The number of methoxy groups -OCH3 is 1. The van der Waals surface area contributed by atoms with E-state index in [1.54, 1.807) is 6.92 Å². The predicted molar refractivity (Wildman–Crippen MR) is 126 cm³/mol. The molecule has 2 heterocycles. The van der Waals surface area contributed by atoms with Crippen molar-refractivity contribution in [3.63, 3.8) is 0 Å². The molecule has 0 saturated carbocycles. The fourth-order valence-corrected chi connectivity index (χ4v) is 9.31. The van der Waals surface area contributed by atoms with Crippen molar-refractivity contribution in [2.75, 3.05) is 25.2 Å². The number of carbonyl (C=O) groups is 1. The van der Waals surface area contributed by atoms with Crippen molar-refractivity contribution in [3.8, 4) is 0 Å². The van der Waals surface area contributed by atoms with Crippen molar-refractivity contribution in [2.24, 2.45) is 0 Å². The molecule has 2 atom stereocenters. The summed E-state index contributed by atoms with van der Waals surface area (Å²) in [6, 6.07) is 0. The summed E-state index contributed by atoms with van der Waals surface area (Å²) >= 11 is 0. The maximum Gasteiger partial charge on any atom is 0.336 e. The molecular weight excluding hydrogens is 466 g/mol. The second kappa shape index (κ2) is 8.56. The predicted octanol–water partition coefficient (Wildman–Crippen LogP) is 1.78. The molecule has 2 aliphatic heterocycles. The molecule has 0 aliphatic carbocycles. The SMILES string of the molecule is COC(=O)C1=C(C)NC2=C(C1c1c(C)c(C)c(C)c(C)c1C)S(=O)(=O)CC(CO)S(=O)(=O)C2. The number of rotatable bonds is 3. The van der Waals surface area contributed by atoms with Crippen molar-refractivity contribution in [3.05, 3.63) is 55.3 Å². The number of aliphatic hydroxyl groups excluding tert-OH is 1. The zero-order valence-electron chi connectivity index (χ0n) is 20.0. The van der Waals surface area contributed by atoms with Gasteiger partial charge in [-0.3, -0.25) is 0 Å². The molecule has 182 valence electrons. The van der Waals surface area contributed by atoms with Gasteiger partial charge in [0.15, 0.2) is 19.7 Å². The van der Waals surface area contributed by atoms with Gasteiger partial charge in [-0.1, -0.05) is 0 Å². The number of hydrogen-bond acceptors (Lipinski definition) is 8. The molecule has 3 rings (SSSR count). The molecule has 8 nitrogen and oxygen atoms in total. The number of benzene rings is 1. The Labute approximate surface area is 195 Å². The van der Waals surface area contributed by atoms with Crippen molar-refractivity contribution in [2.45, 2.75) is 52.7 Å². The minimum absolute atomic E-state index is 0.0239. The second-order valence-corrected chi connectivity index (χ2v) is 13.1. The number of ether oxygens (including phenoxy) is 1. The Bertz CT molecular complexity index is 1290. The lowest BCUT2D eigenvalue weighted by molar-refractivity contribution is -0.136. The Hall–Kier alpha value is -2.17. The van der Waals surface area contributed by atoms with E-state index >= 15 is 0 Å². The number of nitrogens with one attached hydrogen (secondary N) is 1. The Balaban J connectivity index is 2.48. The lowest BCUT2D eigenvalue weighted by atomic mass is 9.78. The highest BCUT2D eigenvalue weighted by Gasteiger charge is 2.47. The third-order valence-electron chi connectivity index (χ3n) is 7.14. The molecule has 0 amide bonds. The van der Waals surface area contributed by atoms with Crippen LogP contribution in [-0.4, -0.2) is 58.4 Å². The fourth-order valence-electron chi connectivity index (χ4n) is 4.89. The van der Waals surface area contributed by atoms with Gasteiger partial charge in [-0.05, 0) is 74.9 Å². The smallest absolute Gasteiger partial charge is 0.336 e. The van der Waals surface area contributed by atoms with E-state index in [9.17, 15) is 26.7 Å². The fraction of sp³-hybridized carbons (Fsp3) is 0.522. The first-order chi connectivity index (χ1) is 15.2. The van der Waals surface area contributed by atoms with Crippen LogP contribution < -0.4 is 5.32 Å². The van der Waals surface area contributed by atoms with Gasteiger partial charge in [0, 0.05) is 11.4 Å². The highest BCUT2D eigenvalue weighted by atomic mass is 32.2. The van der Waals surface area contributed by atoms with E-state index in [1.807, 2.05) is 34.6 Å². The van der Waals surface area contributed by atoms with Crippen LogP contribution in [0.15, 0.2) is 21.9 Å². The van der Waals surface area contributed by atoms with Gasteiger partial charge < -0.3 is 15.2 Å². The van der Waals surface area contributed by atoms with Crippen LogP contribution in [0.25, 0.3) is 0 Å². The summed E-state index contributed by atoms with van der Waals surface area (Å²) in [5.74, 6) is -3.04. The van der Waals surface area contributed by atoms with Crippen LogP contribution in [-0.2, 0) is 29.2 Å². The standard InChI is InChI=1S/C23H31NO7S2/c1-11-12(2)14(4)19(15(5)13(11)3)21-20(23(26)31-7)16(6)24-18-10-32(27,28)17(8-25)9-33(29,30)22(18)21/h17,21,24-25H,8-10H2,1-7H3.